The molecule has 5 nitrogen and oxygen atoms in total. The number of anilines is 1. The van der Waals surface area contributed by atoms with Gasteiger partial charge >= 0.3 is 5.97 Å². The Morgan fingerprint density at radius 3 is 2.70 bits per heavy atom. The molecule has 1 saturated heterocycles. The van der Waals surface area contributed by atoms with Gasteiger partial charge in [-0.25, -0.2) is 14.8 Å². The molecule has 4 rings (SSSR count). The zero-order valence-electron chi connectivity index (χ0n) is 14.6. The molecule has 2 aromatic heterocycles. The van der Waals surface area contributed by atoms with E-state index in [2.05, 4.69) is 16.0 Å². The molecule has 0 bridgehead atoms. The van der Waals surface area contributed by atoms with E-state index in [9.17, 15) is 4.79 Å². The first-order valence-corrected chi connectivity index (χ1v) is 10.1. The van der Waals surface area contributed by atoms with Crippen molar-refractivity contribution in [2.75, 3.05) is 18.0 Å². The predicted octanol–water partition coefficient (Wildman–Crippen LogP) is 5.21. The fourth-order valence-corrected chi connectivity index (χ4v) is 4.33. The van der Waals surface area contributed by atoms with Crippen LogP contribution in [0.15, 0.2) is 41.9 Å². The van der Waals surface area contributed by atoms with Crippen LogP contribution in [-0.4, -0.2) is 34.1 Å². The molecule has 0 atom stereocenters. The Morgan fingerprint density at radius 2 is 1.96 bits per heavy atom. The molecule has 3 aromatic rings. The fourth-order valence-electron chi connectivity index (χ4n) is 3.23. The van der Waals surface area contributed by atoms with Gasteiger partial charge in [-0.2, -0.15) is 0 Å². The Bertz CT molecular complexity index is 983. The molecule has 1 aliphatic heterocycles. The minimum Gasteiger partial charge on any atom is -0.478 e. The highest BCUT2D eigenvalue weighted by molar-refractivity contribution is 7.13. The first kappa shape index (κ1) is 17.9. The van der Waals surface area contributed by atoms with Crippen LogP contribution in [0.5, 0.6) is 0 Å². The van der Waals surface area contributed by atoms with Gasteiger partial charge in [0.25, 0.3) is 0 Å². The molecule has 138 valence electrons. The molecule has 27 heavy (non-hydrogen) atoms. The van der Waals surface area contributed by atoms with Crippen LogP contribution >= 0.6 is 22.9 Å². The first-order valence-electron chi connectivity index (χ1n) is 8.82. The number of rotatable bonds is 4. The third-order valence-corrected chi connectivity index (χ3v) is 5.87. The Labute approximate surface area is 166 Å². The summed E-state index contributed by atoms with van der Waals surface area (Å²) >= 11 is 7.81. The quantitative estimate of drug-likeness (QED) is 0.651. The standard InChI is InChI=1S/C20H18ClN3O2S/c21-16-10-14(20(25)26)4-5-15(16)17-12-27-19(23-17)13-6-7-22-18(11-13)24-8-2-1-3-9-24/h4-7,10-12H,1-3,8-9H2,(H,25,26). The Kier molecular flexibility index (Phi) is 5.09. The van der Waals surface area contributed by atoms with E-state index < -0.39 is 5.97 Å². The predicted molar refractivity (Wildman–Crippen MR) is 109 cm³/mol. The summed E-state index contributed by atoms with van der Waals surface area (Å²) in [7, 11) is 0. The van der Waals surface area contributed by atoms with Crippen LogP contribution in [0.2, 0.25) is 5.02 Å². The monoisotopic (exact) mass is 399 g/mol. The van der Waals surface area contributed by atoms with E-state index in [1.54, 1.807) is 12.1 Å². The lowest BCUT2D eigenvalue weighted by Crippen LogP contribution is -2.30. The maximum atomic E-state index is 11.1. The van der Waals surface area contributed by atoms with Crippen LogP contribution in [0, 0.1) is 0 Å². The second-order valence-corrected chi connectivity index (χ2v) is 7.75. The molecule has 1 fully saturated rings. The van der Waals surface area contributed by atoms with Crippen molar-refractivity contribution in [1.82, 2.24) is 9.97 Å². The fraction of sp³-hybridized carbons (Fsp3) is 0.250. The van der Waals surface area contributed by atoms with E-state index in [-0.39, 0.29) is 5.56 Å². The van der Waals surface area contributed by atoms with Crippen LogP contribution in [0.4, 0.5) is 5.82 Å². The highest BCUT2D eigenvalue weighted by atomic mass is 35.5. The van der Waals surface area contributed by atoms with Gasteiger partial charge in [0.1, 0.15) is 10.8 Å². The van der Waals surface area contributed by atoms with Gasteiger partial charge in [-0.3, -0.25) is 0 Å². The van der Waals surface area contributed by atoms with Crippen LogP contribution in [0.3, 0.4) is 0 Å². The summed E-state index contributed by atoms with van der Waals surface area (Å²) in [6.07, 6.45) is 5.53. The SMILES string of the molecule is O=C(O)c1ccc(-c2csc(-c3ccnc(N4CCCCC4)c3)n2)c(Cl)c1. The summed E-state index contributed by atoms with van der Waals surface area (Å²) in [5.74, 6) is -0.00256. The number of thiazole rings is 1. The van der Waals surface area contributed by atoms with Crippen LogP contribution < -0.4 is 4.90 Å². The number of aromatic nitrogens is 2. The minimum atomic E-state index is -0.996. The molecule has 1 aliphatic rings. The minimum absolute atomic E-state index is 0.166. The summed E-state index contributed by atoms with van der Waals surface area (Å²) in [4.78, 5) is 22.6. The topological polar surface area (TPSA) is 66.3 Å². The van der Waals surface area contributed by atoms with Crippen molar-refractivity contribution in [3.05, 3.63) is 52.5 Å². The van der Waals surface area contributed by atoms with E-state index in [0.717, 1.165) is 40.7 Å². The lowest BCUT2D eigenvalue weighted by atomic mass is 10.1. The maximum absolute atomic E-state index is 11.1. The third kappa shape index (κ3) is 3.82. The Balaban J connectivity index is 1.62. The first-order chi connectivity index (χ1) is 13.1. The highest BCUT2D eigenvalue weighted by Crippen LogP contribution is 2.34. The van der Waals surface area contributed by atoms with E-state index >= 15 is 0 Å². The maximum Gasteiger partial charge on any atom is 0.335 e. The number of pyridine rings is 1. The average Bonchev–Trinajstić information content (AvgIpc) is 3.18. The normalized spacial score (nSPS) is 14.3. The second-order valence-electron chi connectivity index (χ2n) is 6.49. The van der Waals surface area contributed by atoms with E-state index in [1.165, 1.54) is 36.7 Å². The van der Waals surface area contributed by atoms with Gasteiger partial charge in [0.15, 0.2) is 0 Å². The number of halogens is 1. The molecule has 0 spiro atoms. The van der Waals surface area contributed by atoms with Crippen LogP contribution in [-0.2, 0) is 0 Å². The second kappa shape index (κ2) is 7.66. The molecule has 1 N–H and O–H groups in total. The molecule has 0 aliphatic carbocycles. The summed E-state index contributed by atoms with van der Waals surface area (Å²) in [5.41, 5.74) is 2.67. The molecule has 7 heteroatoms. The number of carboxylic acid groups (broad SMARTS) is 1. The number of hydrogen-bond donors (Lipinski definition) is 1. The lowest BCUT2D eigenvalue weighted by Gasteiger charge is -2.27. The number of nitrogens with zero attached hydrogens (tertiary/aromatic N) is 3. The van der Waals surface area contributed by atoms with Gasteiger partial charge in [-0.1, -0.05) is 17.7 Å². The lowest BCUT2D eigenvalue weighted by molar-refractivity contribution is 0.0697. The molecule has 1 aromatic carbocycles. The molecular formula is C20H18ClN3O2S. The van der Waals surface area contributed by atoms with Crippen molar-refractivity contribution in [3.63, 3.8) is 0 Å². The molecule has 0 amide bonds. The number of piperidine rings is 1. The van der Waals surface area contributed by atoms with Gasteiger partial charge in [-0.05, 0) is 43.5 Å². The van der Waals surface area contributed by atoms with Crippen molar-refractivity contribution in [1.29, 1.82) is 0 Å². The van der Waals surface area contributed by atoms with Gasteiger partial charge in [0, 0.05) is 35.8 Å². The van der Waals surface area contributed by atoms with E-state index in [1.807, 2.05) is 17.6 Å². The van der Waals surface area contributed by atoms with Crippen LogP contribution in [0.1, 0.15) is 29.6 Å². The zero-order chi connectivity index (χ0) is 18.8. The van der Waals surface area contributed by atoms with Gasteiger partial charge in [-0.15, -0.1) is 11.3 Å². The zero-order valence-corrected chi connectivity index (χ0v) is 16.1. The Hall–Kier alpha value is -2.44. The highest BCUT2D eigenvalue weighted by Gasteiger charge is 2.15. The molecule has 0 saturated carbocycles. The average molecular weight is 400 g/mol. The van der Waals surface area contributed by atoms with Crippen molar-refractivity contribution in [2.24, 2.45) is 0 Å². The van der Waals surface area contributed by atoms with Crippen molar-refractivity contribution >= 4 is 34.7 Å². The number of carboxylic acids is 1. The summed E-state index contributed by atoms with van der Waals surface area (Å²) in [5, 5.41) is 12.3. The van der Waals surface area contributed by atoms with Gasteiger partial charge < -0.3 is 10.0 Å². The van der Waals surface area contributed by atoms with Gasteiger partial charge in [0.05, 0.1) is 16.3 Å². The summed E-state index contributed by atoms with van der Waals surface area (Å²) < 4.78 is 0. The van der Waals surface area contributed by atoms with Crippen molar-refractivity contribution in [3.8, 4) is 21.8 Å². The number of aromatic carboxylic acids is 1. The summed E-state index contributed by atoms with van der Waals surface area (Å²) in [6.45, 7) is 2.09. The molecule has 3 heterocycles. The molecular weight excluding hydrogens is 382 g/mol. The number of benzene rings is 1. The Morgan fingerprint density at radius 1 is 1.15 bits per heavy atom. The van der Waals surface area contributed by atoms with E-state index in [0.29, 0.717) is 5.02 Å². The van der Waals surface area contributed by atoms with Gasteiger partial charge in [0.2, 0.25) is 0 Å². The number of carbonyl (C=O) groups is 1. The molecule has 0 radical (unpaired) electrons. The summed E-state index contributed by atoms with van der Waals surface area (Å²) in [6, 6.07) is 8.76. The van der Waals surface area contributed by atoms with Crippen molar-refractivity contribution < 1.29 is 9.90 Å². The largest absolute Gasteiger partial charge is 0.478 e. The van der Waals surface area contributed by atoms with Crippen LogP contribution in [0.25, 0.3) is 21.8 Å². The van der Waals surface area contributed by atoms with E-state index in [4.69, 9.17) is 21.7 Å². The van der Waals surface area contributed by atoms with Crippen molar-refractivity contribution in [2.45, 2.75) is 19.3 Å². The molecule has 0 unspecified atom stereocenters. The smallest absolute Gasteiger partial charge is 0.335 e. The third-order valence-electron chi connectivity index (χ3n) is 4.67. The number of hydrogen-bond acceptors (Lipinski definition) is 5.